The van der Waals surface area contributed by atoms with Crippen LogP contribution in [-0.4, -0.2) is 21.2 Å². The highest BCUT2D eigenvalue weighted by Gasteiger charge is 2.11. The van der Waals surface area contributed by atoms with Crippen molar-refractivity contribution in [2.45, 2.75) is 0 Å². The molecule has 0 aliphatic carbocycles. The number of hydrazone groups is 1. The van der Waals surface area contributed by atoms with Crippen molar-refractivity contribution in [2.24, 2.45) is 5.10 Å². The van der Waals surface area contributed by atoms with Gasteiger partial charge in [0, 0.05) is 11.2 Å². The molecule has 0 radical (unpaired) electrons. The molecule has 0 aliphatic rings. The number of halogens is 2. The van der Waals surface area contributed by atoms with Crippen molar-refractivity contribution in [3.8, 4) is 11.1 Å². The average molecular weight is 394 g/mol. The van der Waals surface area contributed by atoms with E-state index in [-0.39, 0.29) is 23.0 Å². The minimum absolute atomic E-state index is 0.159. The van der Waals surface area contributed by atoms with E-state index in [0.29, 0.717) is 21.5 Å². The van der Waals surface area contributed by atoms with Gasteiger partial charge in [-0.15, -0.1) is 0 Å². The first-order valence-electron chi connectivity index (χ1n) is 8.30. The summed E-state index contributed by atoms with van der Waals surface area (Å²) in [7, 11) is 0. The van der Waals surface area contributed by atoms with Crippen molar-refractivity contribution in [1.82, 2.24) is 15.0 Å². The standard InChI is InChI=1S/C20H13ClFN5O/c21-14-5-1-12(2-6-14)11-24-27-20-25-18-17(19(28)26-20)16(9-10-23-18)13-3-7-15(22)8-4-13/h1-11H,(H2,23,25,26,27,28)/b24-11+. The first kappa shape index (κ1) is 17.8. The van der Waals surface area contributed by atoms with Crippen LogP contribution in [0, 0.1) is 5.82 Å². The van der Waals surface area contributed by atoms with Crippen molar-refractivity contribution in [3.05, 3.63) is 87.6 Å². The van der Waals surface area contributed by atoms with Crippen molar-refractivity contribution in [2.75, 3.05) is 5.43 Å². The number of fused-ring (bicyclic) bond motifs is 1. The van der Waals surface area contributed by atoms with E-state index in [0.717, 1.165) is 5.56 Å². The Morgan fingerprint density at radius 2 is 1.82 bits per heavy atom. The van der Waals surface area contributed by atoms with Gasteiger partial charge < -0.3 is 0 Å². The van der Waals surface area contributed by atoms with Gasteiger partial charge in [0.15, 0.2) is 5.65 Å². The molecule has 2 aromatic heterocycles. The second-order valence-electron chi connectivity index (χ2n) is 5.90. The monoisotopic (exact) mass is 393 g/mol. The summed E-state index contributed by atoms with van der Waals surface area (Å²) in [4.78, 5) is 23.7. The van der Waals surface area contributed by atoms with Gasteiger partial charge >= 0.3 is 0 Å². The molecule has 138 valence electrons. The summed E-state index contributed by atoms with van der Waals surface area (Å²) in [5, 5.41) is 5.01. The number of aromatic nitrogens is 3. The number of nitrogens with one attached hydrogen (secondary N) is 2. The topological polar surface area (TPSA) is 83.0 Å². The maximum atomic E-state index is 13.2. The fourth-order valence-electron chi connectivity index (χ4n) is 2.70. The number of H-pyrrole nitrogens is 1. The van der Waals surface area contributed by atoms with Crippen molar-refractivity contribution < 1.29 is 4.39 Å². The smallest absolute Gasteiger partial charge is 0.262 e. The van der Waals surface area contributed by atoms with Crippen LogP contribution in [0.25, 0.3) is 22.2 Å². The Bertz CT molecular complexity index is 1220. The molecule has 0 saturated carbocycles. The molecule has 0 amide bonds. The lowest BCUT2D eigenvalue weighted by Crippen LogP contribution is -2.13. The van der Waals surface area contributed by atoms with Crippen LogP contribution >= 0.6 is 11.6 Å². The molecular weight excluding hydrogens is 381 g/mol. The van der Waals surface area contributed by atoms with Crippen molar-refractivity contribution in [3.63, 3.8) is 0 Å². The van der Waals surface area contributed by atoms with E-state index in [2.05, 4.69) is 25.5 Å². The van der Waals surface area contributed by atoms with E-state index in [1.54, 1.807) is 54.9 Å². The highest BCUT2D eigenvalue weighted by molar-refractivity contribution is 6.30. The molecule has 4 rings (SSSR count). The van der Waals surface area contributed by atoms with Gasteiger partial charge in [0.05, 0.1) is 11.6 Å². The van der Waals surface area contributed by atoms with Crippen molar-refractivity contribution in [1.29, 1.82) is 0 Å². The van der Waals surface area contributed by atoms with Crippen LogP contribution in [0.3, 0.4) is 0 Å². The van der Waals surface area contributed by atoms with Crippen LogP contribution in [0.2, 0.25) is 5.02 Å². The van der Waals surface area contributed by atoms with Crippen LogP contribution in [0.1, 0.15) is 5.56 Å². The predicted molar refractivity (Wildman–Crippen MR) is 108 cm³/mol. The normalized spacial score (nSPS) is 11.2. The molecule has 0 fully saturated rings. The predicted octanol–water partition coefficient (Wildman–Crippen LogP) is 4.22. The van der Waals surface area contributed by atoms with Gasteiger partial charge in [-0.05, 0) is 47.0 Å². The Balaban J connectivity index is 1.66. The van der Waals surface area contributed by atoms with Crippen LogP contribution in [0.15, 0.2) is 70.7 Å². The third-order valence-corrected chi connectivity index (χ3v) is 4.27. The van der Waals surface area contributed by atoms with E-state index in [1.165, 1.54) is 12.1 Å². The first-order chi connectivity index (χ1) is 13.6. The lowest BCUT2D eigenvalue weighted by molar-refractivity contribution is 0.628. The first-order valence-corrected chi connectivity index (χ1v) is 8.67. The lowest BCUT2D eigenvalue weighted by Gasteiger charge is -2.06. The minimum Gasteiger partial charge on any atom is -0.291 e. The molecule has 2 heterocycles. The molecular formula is C20H13ClFN5O. The Morgan fingerprint density at radius 1 is 1.07 bits per heavy atom. The van der Waals surface area contributed by atoms with Crippen LogP contribution < -0.4 is 11.0 Å². The molecule has 2 aromatic carbocycles. The third-order valence-electron chi connectivity index (χ3n) is 4.02. The average Bonchev–Trinajstić information content (AvgIpc) is 2.70. The second-order valence-corrected chi connectivity index (χ2v) is 6.34. The number of rotatable bonds is 4. The number of aromatic amines is 1. The number of anilines is 1. The summed E-state index contributed by atoms with van der Waals surface area (Å²) in [6.07, 6.45) is 3.12. The number of pyridine rings is 1. The Kier molecular flexibility index (Phi) is 4.82. The number of hydrogen-bond donors (Lipinski definition) is 2. The zero-order valence-corrected chi connectivity index (χ0v) is 15.1. The quantitative estimate of drug-likeness (QED) is 0.401. The van der Waals surface area contributed by atoms with Gasteiger partial charge in [-0.2, -0.15) is 10.1 Å². The summed E-state index contributed by atoms with van der Waals surface area (Å²) in [6, 6.07) is 14.7. The Labute approximate surface area is 163 Å². The zero-order chi connectivity index (χ0) is 19.5. The van der Waals surface area contributed by atoms with Gasteiger partial charge in [-0.1, -0.05) is 35.9 Å². The number of hydrogen-bond acceptors (Lipinski definition) is 5. The van der Waals surface area contributed by atoms with Gasteiger partial charge in [0.2, 0.25) is 5.95 Å². The molecule has 4 aromatic rings. The van der Waals surface area contributed by atoms with Gasteiger partial charge in [-0.25, -0.2) is 14.8 Å². The molecule has 0 unspecified atom stereocenters. The Hall–Kier alpha value is -3.58. The molecule has 6 nitrogen and oxygen atoms in total. The van der Waals surface area contributed by atoms with E-state index in [1.807, 2.05) is 0 Å². The molecule has 0 aliphatic heterocycles. The van der Waals surface area contributed by atoms with Crippen LogP contribution in [-0.2, 0) is 0 Å². The highest BCUT2D eigenvalue weighted by atomic mass is 35.5. The summed E-state index contributed by atoms with van der Waals surface area (Å²) in [5.41, 5.74) is 4.72. The molecule has 0 atom stereocenters. The van der Waals surface area contributed by atoms with Crippen LogP contribution in [0.4, 0.5) is 10.3 Å². The van der Waals surface area contributed by atoms with Gasteiger partial charge in [0.1, 0.15) is 5.82 Å². The fourth-order valence-corrected chi connectivity index (χ4v) is 2.83. The summed E-state index contributed by atoms with van der Waals surface area (Å²) < 4.78 is 13.2. The SMILES string of the molecule is O=c1[nH]c(N/N=C/c2ccc(Cl)cc2)nc2nccc(-c3ccc(F)cc3)c12. The molecule has 28 heavy (non-hydrogen) atoms. The largest absolute Gasteiger partial charge is 0.291 e. The van der Waals surface area contributed by atoms with E-state index in [4.69, 9.17) is 11.6 Å². The lowest BCUT2D eigenvalue weighted by atomic mass is 10.0. The summed E-state index contributed by atoms with van der Waals surface area (Å²) in [5.74, 6) is -0.189. The fraction of sp³-hybridized carbons (Fsp3) is 0. The maximum absolute atomic E-state index is 13.2. The molecule has 2 N–H and O–H groups in total. The van der Waals surface area contributed by atoms with Gasteiger partial charge in [0.25, 0.3) is 5.56 Å². The van der Waals surface area contributed by atoms with Crippen molar-refractivity contribution >= 4 is 34.8 Å². The number of nitrogens with zero attached hydrogens (tertiary/aromatic N) is 3. The van der Waals surface area contributed by atoms with Crippen LogP contribution in [0.5, 0.6) is 0 Å². The molecule has 0 saturated heterocycles. The number of benzene rings is 2. The summed E-state index contributed by atoms with van der Waals surface area (Å²) in [6.45, 7) is 0. The maximum Gasteiger partial charge on any atom is 0.262 e. The van der Waals surface area contributed by atoms with Gasteiger partial charge in [-0.3, -0.25) is 9.78 Å². The zero-order valence-electron chi connectivity index (χ0n) is 14.4. The van der Waals surface area contributed by atoms with E-state index < -0.39 is 0 Å². The summed E-state index contributed by atoms with van der Waals surface area (Å²) >= 11 is 5.84. The highest BCUT2D eigenvalue weighted by Crippen LogP contribution is 2.24. The molecule has 0 spiro atoms. The second kappa shape index (κ2) is 7.58. The minimum atomic E-state index is -0.374. The third kappa shape index (κ3) is 3.74. The molecule has 8 heteroatoms. The molecule has 0 bridgehead atoms. The Morgan fingerprint density at radius 3 is 2.57 bits per heavy atom. The van der Waals surface area contributed by atoms with E-state index in [9.17, 15) is 9.18 Å². The van der Waals surface area contributed by atoms with E-state index >= 15 is 0 Å².